The molecule has 1 atom stereocenters. The maximum absolute atomic E-state index is 12.8. The first-order valence-electron chi connectivity index (χ1n) is 8.26. The van der Waals surface area contributed by atoms with Crippen LogP contribution in [0.4, 0.5) is 16.2 Å². The summed E-state index contributed by atoms with van der Waals surface area (Å²) in [4.78, 5) is 48.5. The van der Waals surface area contributed by atoms with Crippen molar-refractivity contribution in [1.82, 2.24) is 10.2 Å². The summed E-state index contributed by atoms with van der Waals surface area (Å²) >= 11 is 11.8. The number of nitrogens with one attached hydrogen (secondary N) is 2. The summed E-state index contributed by atoms with van der Waals surface area (Å²) in [5.41, 5.74) is -1.12. The Morgan fingerprint density at radius 1 is 1.21 bits per heavy atom. The van der Waals surface area contributed by atoms with Crippen LogP contribution in [0.5, 0.6) is 0 Å². The molecule has 2 aromatic rings. The molecule has 11 heteroatoms. The van der Waals surface area contributed by atoms with Gasteiger partial charge in [0.2, 0.25) is 5.91 Å². The number of non-ortho nitro benzene ring substituents is 1. The fraction of sp³-hybridized carbons (Fsp3) is 0.167. The Kier molecular flexibility index (Phi) is 5.45. The van der Waals surface area contributed by atoms with Crippen molar-refractivity contribution >= 4 is 52.4 Å². The van der Waals surface area contributed by atoms with Gasteiger partial charge in [0.05, 0.1) is 15.6 Å². The molecule has 2 N–H and O–H groups in total. The molecule has 4 amide bonds. The van der Waals surface area contributed by atoms with Crippen LogP contribution in [0.3, 0.4) is 0 Å². The van der Waals surface area contributed by atoms with Crippen LogP contribution < -0.4 is 10.6 Å². The lowest BCUT2D eigenvalue weighted by Crippen LogP contribution is -2.42. The van der Waals surface area contributed by atoms with Crippen LogP contribution in [-0.2, 0) is 15.1 Å². The first-order chi connectivity index (χ1) is 13.6. The molecule has 0 bridgehead atoms. The number of nitro benzene ring substituents is 1. The van der Waals surface area contributed by atoms with Crippen molar-refractivity contribution in [2.75, 3.05) is 11.9 Å². The van der Waals surface area contributed by atoms with Gasteiger partial charge in [-0.2, -0.15) is 0 Å². The molecule has 0 radical (unpaired) electrons. The molecule has 0 saturated carbocycles. The molecule has 1 heterocycles. The maximum atomic E-state index is 12.8. The van der Waals surface area contributed by atoms with E-state index in [1.807, 2.05) is 0 Å². The molecular weight excluding hydrogens is 423 g/mol. The highest BCUT2D eigenvalue weighted by atomic mass is 35.5. The highest BCUT2D eigenvalue weighted by Gasteiger charge is 2.49. The van der Waals surface area contributed by atoms with Gasteiger partial charge in [-0.3, -0.25) is 24.6 Å². The van der Waals surface area contributed by atoms with Gasteiger partial charge in [-0.25, -0.2) is 4.79 Å². The summed E-state index contributed by atoms with van der Waals surface area (Å²) in [5.74, 6) is -1.36. The average molecular weight is 437 g/mol. The minimum atomic E-state index is -1.36. The predicted octanol–water partition coefficient (Wildman–Crippen LogP) is 3.31. The van der Waals surface area contributed by atoms with Crippen LogP contribution in [-0.4, -0.2) is 34.2 Å². The van der Waals surface area contributed by atoms with E-state index in [4.69, 9.17) is 23.2 Å². The average Bonchev–Trinajstić information content (AvgIpc) is 2.88. The number of carbonyl (C=O) groups excluding carboxylic acids is 3. The van der Waals surface area contributed by atoms with Crippen LogP contribution >= 0.6 is 23.2 Å². The first-order valence-corrected chi connectivity index (χ1v) is 9.01. The van der Waals surface area contributed by atoms with Crippen molar-refractivity contribution in [3.05, 3.63) is 68.2 Å². The monoisotopic (exact) mass is 436 g/mol. The molecule has 2 aromatic carbocycles. The molecule has 0 spiro atoms. The molecule has 3 rings (SSSR count). The molecular formula is C18H14Cl2N4O5. The number of benzene rings is 2. The van der Waals surface area contributed by atoms with E-state index >= 15 is 0 Å². The van der Waals surface area contributed by atoms with Gasteiger partial charge in [-0.05, 0) is 30.7 Å². The summed E-state index contributed by atoms with van der Waals surface area (Å²) in [6, 6.07) is 9.17. The van der Waals surface area contributed by atoms with Crippen molar-refractivity contribution in [3.8, 4) is 0 Å². The number of imide groups is 1. The standard InChI is InChI=1S/C18H14Cl2N4O5/c1-18(10-2-4-11(19)5-3-10)16(26)23(17(27)22-18)9-15(25)21-14-8-12(24(28)29)6-7-13(14)20/h2-8H,9H2,1H3,(H,21,25)(H,22,27). The van der Waals surface area contributed by atoms with E-state index in [1.54, 1.807) is 24.3 Å². The van der Waals surface area contributed by atoms with Gasteiger partial charge in [0.15, 0.2) is 0 Å². The van der Waals surface area contributed by atoms with Crippen molar-refractivity contribution < 1.29 is 19.3 Å². The second-order valence-corrected chi connectivity index (χ2v) is 7.27. The Labute approximate surface area is 174 Å². The zero-order valence-corrected chi connectivity index (χ0v) is 16.5. The highest BCUT2D eigenvalue weighted by Crippen LogP contribution is 2.30. The molecule has 1 saturated heterocycles. The van der Waals surface area contributed by atoms with Gasteiger partial charge in [-0.15, -0.1) is 0 Å². The third-order valence-electron chi connectivity index (χ3n) is 4.43. The van der Waals surface area contributed by atoms with E-state index in [-0.39, 0.29) is 16.4 Å². The second-order valence-electron chi connectivity index (χ2n) is 6.42. The minimum Gasteiger partial charge on any atom is -0.323 e. The Bertz CT molecular complexity index is 1030. The maximum Gasteiger partial charge on any atom is 0.325 e. The number of rotatable bonds is 5. The van der Waals surface area contributed by atoms with Crippen LogP contribution in [0, 0.1) is 10.1 Å². The van der Waals surface area contributed by atoms with Gasteiger partial charge in [-0.1, -0.05) is 35.3 Å². The number of anilines is 1. The summed E-state index contributed by atoms with van der Waals surface area (Å²) in [5, 5.41) is 16.4. The Morgan fingerprint density at radius 2 is 1.86 bits per heavy atom. The summed E-state index contributed by atoms with van der Waals surface area (Å²) in [6.45, 7) is 0.929. The first kappa shape index (κ1) is 20.6. The van der Waals surface area contributed by atoms with E-state index in [0.717, 1.165) is 11.0 Å². The summed E-state index contributed by atoms with van der Waals surface area (Å²) in [6.07, 6.45) is 0. The van der Waals surface area contributed by atoms with Crippen molar-refractivity contribution in [1.29, 1.82) is 0 Å². The fourth-order valence-electron chi connectivity index (χ4n) is 2.88. The van der Waals surface area contributed by atoms with Crippen LogP contribution in [0.2, 0.25) is 10.0 Å². The number of nitro groups is 1. The second kappa shape index (κ2) is 7.69. The van der Waals surface area contributed by atoms with E-state index < -0.39 is 34.9 Å². The Hall–Kier alpha value is -3.17. The highest BCUT2D eigenvalue weighted by molar-refractivity contribution is 6.33. The van der Waals surface area contributed by atoms with E-state index in [9.17, 15) is 24.5 Å². The molecule has 0 aromatic heterocycles. The quantitative estimate of drug-likeness (QED) is 0.422. The largest absolute Gasteiger partial charge is 0.325 e. The van der Waals surface area contributed by atoms with Gasteiger partial charge < -0.3 is 10.6 Å². The van der Waals surface area contributed by atoms with Gasteiger partial charge >= 0.3 is 6.03 Å². The molecule has 150 valence electrons. The zero-order valence-electron chi connectivity index (χ0n) is 14.9. The molecule has 1 fully saturated rings. The minimum absolute atomic E-state index is 0.00150. The zero-order chi connectivity index (χ0) is 21.3. The lowest BCUT2D eigenvalue weighted by atomic mass is 9.92. The Balaban J connectivity index is 1.77. The molecule has 9 nitrogen and oxygen atoms in total. The number of amides is 4. The van der Waals surface area contributed by atoms with Gasteiger partial charge in [0.1, 0.15) is 12.1 Å². The lowest BCUT2D eigenvalue weighted by Gasteiger charge is -2.22. The third kappa shape index (κ3) is 4.01. The Morgan fingerprint density at radius 3 is 2.48 bits per heavy atom. The van der Waals surface area contributed by atoms with Gasteiger partial charge in [0.25, 0.3) is 11.6 Å². The van der Waals surface area contributed by atoms with E-state index in [2.05, 4.69) is 10.6 Å². The summed E-state index contributed by atoms with van der Waals surface area (Å²) < 4.78 is 0. The van der Waals surface area contributed by atoms with Crippen molar-refractivity contribution in [2.24, 2.45) is 0 Å². The smallest absolute Gasteiger partial charge is 0.323 e. The predicted molar refractivity (Wildman–Crippen MR) is 106 cm³/mol. The van der Waals surface area contributed by atoms with Crippen LogP contribution in [0.25, 0.3) is 0 Å². The number of hydrogen-bond donors (Lipinski definition) is 2. The molecule has 29 heavy (non-hydrogen) atoms. The fourth-order valence-corrected chi connectivity index (χ4v) is 3.17. The number of hydrogen-bond acceptors (Lipinski definition) is 5. The number of urea groups is 1. The van der Waals surface area contributed by atoms with Crippen LogP contribution in [0.15, 0.2) is 42.5 Å². The SMILES string of the molecule is CC1(c2ccc(Cl)cc2)NC(=O)N(CC(=O)Nc2cc([N+](=O)[O-])ccc2Cl)C1=O. The van der Waals surface area contributed by atoms with E-state index in [1.165, 1.54) is 19.1 Å². The van der Waals surface area contributed by atoms with Gasteiger partial charge in [0, 0.05) is 17.2 Å². The number of halogens is 2. The normalized spacial score (nSPS) is 18.5. The number of carbonyl (C=O) groups is 3. The molecule has 0 aliphatic carbocycles. The topological polar surface area (TPSA) is 122 Å². The molecule has 1 aliphatic rings. The van der Waals surface area contributed by atoms with E-state index in [0.29, 0.717) is 10.6 Å². The third-order valence-corrected chi connectivity index (χ3v) is 5.01. The molecule has 1 aliphatic heterocycles. The number of nitrogens with zero attached hydrogens (tertiary/aromatic N) is 2. The van der Waals surface area contributed by atoms with Crippen molar-refractivity contribution in [3.63, 3.8) is 0 Å². The molecule has 1 unspecified atom stereocenters. The summed E-state index contributed by atoms with van der Waals surface area (Å²) in [7, 11) is 0. The van der Waals surface area contributed by atoms with Crippen molar-refractivity contribution in [2.45, 2.75) is 12.5 Å². The lowest BCUT2D eigenvalue weighted by molar-refractivity contribution is -0.384. The van der Waals surface area contributed by atoms with Crippen LogP contribution in [0.1, 0.15) is 12.5 Å².